The van der Waals surface area contributed by atoms with Gasteiger partial charge in [0.25, 0.3) is 0 Å². The van der Waals surface area contributed by atoms with Crippen LogP contribution in [0.4, 0.5) is 11.4 Å². The number of nitrogens with one attached hydrogen (secondary N) is 1. The van der Waals surface area contributed by atoms with Crippen molar-refractivity contribution >= 4 is 11.4 Å². The van der Waals surface area contributed by atoms with Crippen molar-refractivity contribution in [2.45, 2.75) is 25.2 Å². The summed E-state index contributed by atoms with van der Waals surface area (Å²) >= 11 is 0. The maximum absolute atomic E-state index is 10.1. The number of hydrogen-bond acceptors (Lipinski definition) is 6. The van der Waals surface area contributed by atoms with Crippen LogP contribution in [0.3, 0.4) is 0 Å². The minimum Gasteiger partial charge on any atom is -0.399 e. The van der Waals surface area contributed by atoms with Gasteiger partial charge in [0.15, 0.2) is 0 Å². The number of aliphatic hydroxyl groups is 3. The first-order valence-corrected chi connectivity index (χ1v) is 6.87. The van der Waals surface area contributed by atoms with Gasteiger partial charge >= 0.3 is 0 Å². The Bertz CT molecular complexity index is 453. The smallest absolute Gasteiger partial charge is 0.0884 e. The first-order chi connectivity index (χ1) is 9.52. The number of β-amino-alcohol motifs (C(OH)–C–C–N with tert-alkyl or cyclic N) is 1. The van der Waals surface area contributed by atoms with E-state index in [9.17, 15) is 10.2 Å². The molecule has 1 fully saturated rings. The average molecular weight is 281 g/mol. The van der Waals surface area contributed by atoms with E-state index < -0.39 is 12.2 Å². The molecule has 20 heavy (non-hydrogen) atoms. The minimum absolute atomic E-state index is 0.0456. The number of anilines is 2. The van der Waals surface area contributed by atoms with Crippen LogP contribution in [-0.4, -0.2) is 53.7 Å². The molecule has 6 nitrogen and oxygen atoms in total. The zero-order valence-electron chi connectivity index (χ0n) is 11.7. The molecule has 2 rings (SSSR count). The van der Waals surface area contributed by atoms with Crippen LogP contribution in [0.25, 0.3) is 0 Å². The Morgan fingerprint density at radius 2 is 2.20 bits per heavy atom. The highest BCUT2D eigenvalue weighted by molar-refractivity contribution is 5.61. The molecule has 1 heterocycles. The normalized spacial score (nSPS) is 24.1. The largest absolute Gasteiger partial charge is 0.399 e. The molecule has 0 aromatic heterocycles. The molecule has 0 bridgehead atoms. The van der Waals surface area contributed by atoms with Crippen LogP contribution in [0, 0.1) is 0 Å². The fraction of sp³-hybridized carbons (Fsp3) is 0.571. The number of nitrogens with zero attached hydrogens (tertiary/aromatic N) is 1. The Morgan fingerprint density at radius 3 is 2.85 bits per heavy atom. The second-order valence-electron chi connectivity index (χ2n) is 5.25. The van der Waals surface area contributed by atoms with E-state index in [1.807, 2.05) is 11.0 Å². The van der Waals surface area contributed by atoms with Gasteiger partial charge in [-0.25, -0.2) is 0 Å². The van der Waals surface area contributed by atoms with Crippen LogP contribution >= 0.6 is 0 Å². The molecule has 1 aliphatic heterocycles. The lowest BCUT2D eigenvalue weighted by atomic mass is 10.1. The molecule has 6 N–H and O–H groups in total. The third kappa shape index (κ3) is 3.21. The predicted octanol–water partition coefficient (Wildman–Crippen LogP) is -0.546. The van der Waals surface area contributed by atoms with Crippen molar-refractivity contribution in [2.75, 3.05) is 36.9 Å². The molecule has 0 saturated carbocycles. The SMILES string of the molecule is CC(O)c1cc(N)ccc1N1CC(O)C(NCCO)C1. The Labute approximate surface area is 118 Å². The lowest BCUT2D eigenvalue weighted by molar-refractivity contribution is 0.159. The highest BCUT2D eigenvalue weighted by atomic mass is 16.3. The van der Waals surface area contributed by atoms with E-state index in [2.05, 4.69) is 5.32 Å². The maximum Gasteiger partial charge on any atom is 0.0884 e. The zero-order chi connectivity index (χ0) is 14.7. The zero-order valence-corrected chi connectivity index (χ0v) is 11.7. The van der Waals surface area contributed by atoms with Crippen LogP contribution in [0.2, 0.25) is 0 Å². The second-order valence-corrected chi connectivity index (χ2v) is 5.25. The van der Waals surface area contributed by atoms with Gasteiger partial charge in [-0.2, -0.15) is 0 Å². The minimum atomic E-state index is -0.616. The highest BCUT2D eigenvalue weighted by Gasteiger charge is 2.32. The average Bonchev–Trinajstić information content (AvgIpc) is 2.77. The van der Waals surface area contributed by atoms with Gasteiger partial charge in [0.05, 0.1) is 24.9 Å². The highest BCUT2D eigenvalue weighted by Crippen LogP contribution is 2.30. The van der Waals surface area contributed by atoms with E-state index in [0.717, 1.165) is 11.3 Å². The molecule has 1 aromatic carbocycles. The Morgan fingerprint density at radius 1 is 1.45 bits per heavy atom. The van der Waals surface area contributed by atoms with E-state index in [4.69, 9.17) is 10.8 Å². The van der Waals surface area contributed by atoms with Crippen molar-refractivity contribution in [3.8, 4) is 0 Å². The number of nitrogens with two attached hydrogens (primary N) is 1. The van der Waals surface area contributed by atoms with E-state index in [1.54, 1.807) is 19.1 Å². The summed E-state index contributed by atoms with van der Waals surface area (Å²) in [6.07, 6.45) is -1.11. The van der Waals surface area contributed by atoms with E-state index in [0.29, 0.717) is 25.3 Å². The van der Waals surface area contributed by atoms with Crippen molar-refractivity contribution in [3.05, 3.63) is 23.8 Å². The van der Waals surface area contributed by atoms with Gasteiger partial charge in [0.2, 0.25) is 0 Å². The third-order valence-corrected chi connectivity index (χ3v) is 3.65. The van der Waals surface area contributed by atoms with Crippen molar-refractivity contribution in [1.29, 1.82) is 0 Å². The number of aliphatic hydroxyl groups excluding tert-OH is 3. The monoisotopic (exact) mass is 281 g/mol. The molecule has 6 heteroatoms. The fourth-order valence-corrected chi connectivity index (χ4v) is 2.63. The molecule has 3 unspecified atom stereocenters. The summed E-state index contributed by atoms with van der Waals surface area (Å²) in [5, 5.41) is 31.9. The van der Waals surface area contributed by atoms with Crippen molar-refractivity contribution in [3.63, 3.8) is 0 Å². The van der Waals surface area contributed by atoms with Gasteiger partial charge in [-0.1, -0.05) is 0 Å². The van der Waals surface area contributed by atoms with Crippen molar-refractivity contribution in [2.24, 2.45) is 0 Å². The van der Waals surface area contributed by atoms with Gasteiger partial charge in [-0.05, 0) is 25.1 Å². The summed E-state index contributed by atoms with van der Waals surface area (Å²) in [5.74, 6) is 0. The van der Waals surface area contributed by atoms with Gasteiger partial charge in [-0.15, -0.1) is 0 Å². The fourth-order valence-electron chi connectivity index (χ4n) is 2.63. The Kier molecular flexibility index (Phi) is 4.82. The van der Waals surface area contributed by atoms with Crippen LogP contribution in [0.1, 0.15) is 18.6 Å². The van der Waals surface area contributed by atoms with E-state index >= 15 is 0 Å². The van der Waals surface area contributed by atoms with E-state index in [-0.39, 0.29) is 12.6 Å². The second kappa shape index (κ2) is 6.41. The Balaban J connectivity index is 2.16. The molecular weight excluding hydrogens is 258 g/mol. The molecule has 0 amide bonds. The molecule has 1 aromatic rings. The van der Waals surface area contributed by atoms with Crippen molar-refractivity contribution in [1.82, 2.24) is 5.32 Å². The van der Waals surface area contributed by atoms with Crippen LogP contribution in [0.5, 0.6) is 0 Å². The molecular formula is C14H23N3O3. The van der Waals surface area contributed by atoms with Gasteiger partial charge in [0, 0.05) is 36.6 Å². The molecule has 0 aliphatic carbocycles. The van der Waals surface area contributed by atoms with Crippen LogP contribution < -0.4 is 16.0 Å². The molecule has 0 spiro atoms. The lowest BCUT2D eigenvalue weighted by Gasteiger charge is -2.23. The number of benzene rings is 1. The summed E-state index contributed by atoms with van der Waals surface area (Å²) in [7, 11) is 0. The van der Waals surface area contributed by atoms with E-state index in [1.165, 1.54) is 0 Å². The molecule has 1 saturated heterocycles. The lowest BCUT2D eigenvalue weighted by Crippen LogP contribution is -2.40. The molecule has 1 aliphatic rings. The van der Waals surface area contributed by atoms with Crippen molar-refractivity contribution < 1.29 is 15.3 Å². The summed E-state index contributed by atoms with van der Waals surface area (Å²) < 4.78 is 0. The third-order valence-electron chi connectivity index (χ3n) is 3.65. The van der Waals surface area contributed by atoms with Gasteiger partial charge < -0.3 is 31.3 Å². The standard InChI is InChI=1S/C14H23N3O3/c1-9(19)11-6-10(15)2-3-13(11)17-7-12(14(20)8-17)16-4-5-18/h2-3,6,9,12,14,16,18-20H,4-5,7-8,15H2,1H3. The maximum atomic E-state index is 10.1. The predicted molar refractivity (Wildman–Crippen MR) is 78.6 cm³/mol. The molecule has 0 radical (unpaired) electrons. The quantitative estimate of drug-likeness (QED) is 0.464. The topological polar surface area (TPSA) is 102 Å². The first-order valence-electron chi connectivity index (χ1n) is 6.87. The number of rotatable bonds is 5. The van der Waals surface area contributed by atoms with Gasteiger partial charge in [-0.3, -0.25) is 0 Å². The molecule has 3 atom stereocenters. The summed E-state index contributed by atoms with van der Waals surface area (Å²) in [4.78, 5) is 2.03. The first kappa shape index (κ1) is 15.1. The summed E-state index contributed by atoms with van der Waals surface area (Å²) in [6.45, 7) is 3.33. The van der Waals surface area contributed by atoms with Crippen LogP contribution in [-0.2, 0) is 0 Å². The Hall–Kier alpha value is -1.34. The summed E-state index contributed by atoms with van der Waals surface area (Å²) in [5.41, 5.74) is 8.03. The summed E-state index contributed by atoms with van der Waals surface area (Å²) in [6, 6.07) is 5.35. The van der Waals surface area contributed by atoms with Crippen LogP contribution in [0.15, 0.2) is 18.2 Å². The van der Waals surface area contributed by atoms with Gasteiger partial charge in [0.1, 0.15) is 0 Å². The molecule has 112 valence electrons. The number of hydrogen-bond donors (Lipinski definition) is 5. The number of nitrogen functional groups attached to an aromatic ring is 1.